The third-order valence-corrected chi connectivity index (χ3v) is 6.54. The summed E-state index contributed by atoms with van der Waals surface area (Å²) < 4.78 is 0. The van der Waals surface area contributed by atoms with Crippen molar-refractivity contribution in [1.82, 2.24) is 4.98 Å². The van der Waals surface area contributed by atoms with Gasteiger partial charge in [0, 0.05) is 17.8 Å². The van der Waals surface area contributed by atoms with Crippen molar-refractivity contribution in [2.24, 2.45) is 23.2 Å². The summed E-state index contributed by atoms with van der Waals surface area (Å²) in [5, 5.41) is 10.8. The lowest BCUT2D eigenvalue weighted by Crippen LogP contribution is -2.47. The maximum absolute atomic E-state index is 10.8. The summed E-state index contributed by atoms with van der Waals surface area (Å²) >= 11 is 0. The lowest BCUT2D eigenvalue weighted by atomic mass is 9.48. The predicted molar refractivity (Wildman–Crippen MR) is 83.9 cm³/mol. The highest BCUT2D eigenvalue weighted by Crippen LogP contribution is 2.61. The Balaban J connectivity index is 1.48. The van der Waals surface area contributed by atoms with Crippen LogP contribution in [0.3, 0.4) is 0 Å². The zero-order valence-electron chi connectivity index (χ0n) is 13.0. The van der Waals surface area contributed by atoms with E-state index < -0.39 is 0 Å². The standard InChI is InChI=1S/C19H27NO/c1-13(17-4-2-3-5-20-17)18(21)12-19-9-14-6-15(10-19)8-16(7-14)11-19/h2-5,13-16,18,21H,6-12H2,1H3. The van der Waals surface area contributed by atoms with Gasteiger partial charge in [-0.1, -0.05) is 13.0 Å². The number of hydrogen-bond donors (Lipinski definition) is 1. The molecule has 0 saturated heterocycles. The zero-order chi connectivity index (χ0) is 14.4. The molecule has 114 valence electrons. The topological polar surface area (TPSA) is 33.1 Å². The molecule has 2 atom stereocenters. The van der Waals surface area contributed by atoms with Crippen LogP contribution in [0.4, 0.5) is 0 Å². The van der Waals surface area contributed by atoms with Gasteiger partial charge in [-0.25, -0.2) is 0 Å². The van der Waals surface area contributed by atoms with E-state index in [2.05, 4.69) is 11.9 Å². The molecule has 0 aliphatic heterocycles. The first-order valence-corrected chi connectivity index (χ1v) is 8.72. The van der Waals surface area contributed by atoms with E-state index in [1.54, 1.807) is 0 Å². The van der Waals surface area contributed by atoms with Crippen LogP contribution in [0.25, 0.3) is 0 Å². The van der Waals surface area contributed by atoms with Crippen molar-refractivity contribution in [3.05, 3.63) is 30.1 Å². The van der Waals surface area contributed by atoms with Crippen molar-refractivity contribution >= 4 is 0 Å². The van der Waals surface area contributed by atoms with Crippen LogP contribution in [0.5, 0.6) is 0 Å². The number of aromatic nitrogens is 1. The number of aliphatic hydroxyl groups excluding tert-OH is 1. The molecule has 0 spiro atoms. The second-order valence-electron chi connectivity index (χ2n) is 8.23. The molecule has 4 saturated carbocycles. The van der Waals surface area contributed by atoms with E-state index in [1.165, 1.54) is 38.5 Å². The minimum atomic E-state index is -0.240. The van der Waals surface area contributed by atoms with E-state index in [4.69, 9.17) is 0 Å². The Hall–Kier alpha value is -0.890. The van der Waals surface area contributed by atoms with E-state index in [-0.39, 0.29) is 12.0 Å². The monoisotopic (exact) mass is 285 g/mol. The van der Waals surface area contributed by atoms with Gasteiger partial charge in [0.25, 0.3) is 0 Å². The summed E-state index contributed by atoms with van der Waals surface area (Å²) in [4.78, 5) is 4.43. The minimum absolute atomic E-state index is 0.152. The van der Waals surface area contributed by atoms with Gasteiger partial charge >= 0.3 is 0 Å². The van der Waals surface area contributed by atoms with E-state index in [0.717, 1.165) is 29.9 Å². The zero-order valence-corrected chi connectivity index (χ0v) is 13.0. The van der Waals surface area contributed by atoms with Crippen LogP contribution < -0.4 is 0 Å². The van der Waals surface area contributed by atoms with Gasteiger partial charge in [-0.15, -0.1) is 0 Å². The van der Waals surface area contributed by atoms with Crippen molar-refractivity contribution in [2.45, 2.75) is 63.9 Å². The fourth-order valence-corrected chi connectivity index (χ4v) is 6.00. The van der Waals surface area contributed by atoms with E-state index >= 15 is 0 Å². The maximum Gasteiger partial charge on any atom is 0.0626 e. The quantitative estimate of drug-likeness (QED) is 0.901. The number of pyridine rings is 1. The van der Waals surface area contributed by atoms with Gasteiger partial charge in [0.05, 0.1) is 6.10 Å². The Morgan fingerprint density at radius 3 is 2.29 bits per heavy atom. The third kappa shape index (κ3) is 2.52. The molecule has 2 heteroatoms. The average Bonchev–Trinajstić information content (AvgIpc) is 2.45. The van der Waals surface area contributed by atoms with Crippen LogP contribution in [0.2, 0.25) is 0 Å². The summed E-state index contributed by atoms with van der Waals surface area (Å²) in [6.45, 7) is 2.13. The van der Waals surface area contributed by atoms with Crippen molar-refractivity contribution in [3.63, 3.8) is 0 Å². The molecule has 0 aromatic carbocycles. The highest BCUT2D eigenvalue weighted by Gasteiger charge is 2.51. The van der Waals surface area contributed by atoms with Crippen molar-refractivity contribution in [3.8, 4) is 0 Å². The molecule has 4 aliphatic rings. The average molecular weight is 285 g/mol. The molecule has 5 rings (SSSR count). The van der Waals surface area contributed by atoms with Crippen LogP contribution >= 0.6 is 0 Å². The van der Waals surface area contributed by atoms with Gasteiger partial charge in [0.2, 0.25) is 0 Å². The Labute approximate surface area is 128 Å². The summed E-state index contributed by atoms with van der Waals surface area (Å²) in [6.07, 6.45) is 11.2. The van der Waals surface area contributed by atoms with E-state index in [0.29, 0.717) is 5.41 Å². The van der Waals surface area contributed by atoms with Gasteiger partial charge in [-0.3, -0.25) is 4.98 Å². The molecule has 4 aliphatic carbocycles. The van der Waals surface area contributed by atoms with Gasteiger partial charge in [-0.2, -0.15) is 0 Å². The molecule has 1 heterocycles. The van der Waals surface area contributed by atoms with Gasteiger partial charge < -0.3 is 5.11 Å². The Kier molecular flexibility index (Phi) is 3.33. The Morgan fingerprint density at radius 2 is 1.76 bits per heavy atom. The summed E-state index contributed by atoms with van der Waals surface area (Å²) in [5.74, 6) is 3.05. The SMILES string of the molecule is CC(c1ccccn1)C(O)CC12CC3CC(CC(C3)C1)C2. The first-order valence-electron chi connectivity index (χ1n) is 8.72. The molecule has 1 aromatic rings. The highest BCUT2D eigenvalue weighted by molar-refractivity contribution is 5.11. The lowest BCUT2D eigenvalue weighted by Gasteiger charge is -2.57. The van der Waals surface area contributed by atoms with Crippen molar-refractivity contribution in [1.29, 1.82) is 0 Å². The van der Waals surface area contributed by atoms with Crippen molar-refractivity contribution in [2.75, 3.05) is 0 Å². The van der Waals surface area contributed by atoms with Gasteiger partial charge in [0.15, 0.2) is 0 Å². The van der Waals surface area contributed by atoms with E-state index in [1.807, 2.05) is 24.4 Å². The summed E-state index contributed by atoms with van der Waals surface area (Å²) in [6, 6.07) is 6.02. The summed E-state index contributed by atoms with van der Waals surface area (Å²) in [5.41, 5.74) is 1.49. The number of nitrogens with zero attached hydrogens (tertiary/aromatic N) is 1. The van der Waals surface area contributed by atoms with Crippen LogP contribution in [-0.2, 0) is 0 Å². The second-order valence-corrected chi connectivity index (χ2v) is 8.23. The molecule has 1 N–H and O–H groups in total. The number of hydrogen-bond acceptors (Lipinski definition) is 2. The molecule has 0 radical (unpaired) electrons. The molecule has 2 nitrogen and oxygen atoms in total. The molecule has 1 aromatic heterocycles. The number of aliphatic hydroxyl groups is 1. The molecular weight excluding hydrogens is 258 g/mol. The third-order valence-electron chi connectivity index (χ3n) is 6.54. The highest BCUT2D eigenvalue weighted by atomic mass is 16.3. The molecule has 21 heavy (non-hydrogen) atoms. The molecule has 0 amide bonds. The molecule has 2 unspecified atom stereocenters. The maximum atomic E-state index is 10.8. The first-order chi connectivity index (χ1) is 10.1. The van der Waals surface area contributed by atoms with Gasteiger partial charge in [-0.05, 0) is 80.2 Å². The fraction of sp³-hybridized carbons (Fsp3) is 0.737. The van der Waals surface area contributed by atoms with E-state index in [9.17, 15) is 5.11 Å². The summed E-state index contributed by atoms with van der Waals surface area (Å²) in [7, 11) is 0. The fourth-order valence-electron chi connectivity index (χ4n) is 6.00. The first kappa shape index (κ1) is 13.8. The Bertz CT molecular complexity index is 462. The smallest absolute Gasteiger partial charge is 0.0626 e. The van der Waals surface area contributed by atoms with Crippen molar-refractivity contribution < 1.29 is 5.11 Å². The number of rotatable bonds is 4. The Morgan fingerprint density at radius 1 is 1.14 bits per heavy atom. The minimum Gasteiger partial charge on any atom is -0.392 e. The largest absolute Gasteiger partial charge is 0.392 e. The predicted octanol–water partition coefficient (Wildman–Crippen LogP) is 4.15. The van der Waals surface area contributed by atoms with Gasteiger partial charge in [0.1, 0.15) is 0 Å². The molecule has 4 bridgehead atoms. The van der Waals surface area contributed by atoms with Crippen LogP contribution in [0.15, 0.2) is 24.4 Å². The molecular formula is C19H27NO. The molecule has 4 fully saturated rings. The van der Waals surface area contributed by atoms with Crippen LogP contribution in [0, 0.1) is 23.2 Å². The van der Waals surface area contributed by atoms with Crippen LogP contribution in [0.1, 0.15) is 63.5 Å². The lowest BCUT2D eigenvalue weighted by molar-refractivity contribution is -0.0784. The second kappa shape index (κ2) is 5.08. The van der Waals surface area contributed by atoms with Crippen LogP contribution in [-0.4, -0.2) is 16.2 Å². The normalized spacial score (nSPS) is 40.2.